The molecule has 0 spiro atoms. The Labute approximate surface area is 141 Å². The van der Waals surface area contributed by atoms with E-state index in [0.29, 0.717) is 6.07 Å². The maximum absolute atomic E-state index is 14.4. The molecule has 0 aliphatic carbocycles. The Morgan fingerprint density at radius 1 is 1.48 bits per heavy atom. The zero-order chi connectivity index (χ0) is 18.0. The minimum absolute atomic E-state index is 0.0375. The highest BCUT2D eigenvalue weighted by Crippen LogP contribution is 2.42. The van der Waals surface area contributed by atoms with Crippen LogP contribution >= 0.6 is 0 Å². The first kappa shape index (κ1) is 17.0. The molecule has 2 atom stereocenters. The van der Waals surface area contributed by atoms with Gasteiger partial charge in [-0.2, -0.15) is 5.10 Å². The van der Waals surface area contributed by atoms with E-state index < -0.39 is 35.1 Å². The van der Waals surface area contributed by atoms with Crippen LogP contribution in [0.5, 0.6) is 0 Å². The summed E-state index contributed by atoms with van der Waals surface area (Å²) in [6, 6.07) is 2.96. The third-order valence-electron chi connectivity index (χ3n) is 3.99. The number of nitrogens with zero attached hydrogens (tertiary/aromatic N) is 3. The van der Waals surface area contributed by atoms with E-state index in [4.69, 9.17) is 9.47 Å². The number of ether oxygens (including phenoxy) is 2. The number of esters is 2. The second-order valence-corrected chi connectivity index (χ2v) is 5.64. The van der Waals surface area contributed by atoms with E-state index in [2.05, 4.69) is 10.1 Å². The summed E-state index contributed by atoms with van der Waals surface area (Å²) in [5, 5.41) is 3.93. The lowest BCUT2D eigenvalue weighted by molar-refractivity contribution is -0.159. The van der Waals surface area contributed by atoms with Crippen LogP contribution in [-0.4, -0.2) is 33.3 Å². The summed E-state index contributed by atoms with van der Waals surface area (Å²) < 4.78 is 39.3. The zero-order valence-electron chi connectivity index (χ0n) is 13.3. The summed E-state index contributed by atoms with van der Waals surface area (Å²) in [5.41, 5.74) is -1.55. The predicted molar refractivity (Wildman–Crippen MR) is 78.9 cm³/mol. The molecule has 25 heavy (non-hydrogen) atoms. The van der Waals surface area contributed by atoms with Gasteiger partial charge in [0.25, 0.3) is 0 Å². The van der Waals surface area contributed by atoms with Gasteiger partial charge in [-0.25, -0.2) is 18.4 Å². The minimum Gasteiger partial charge on any atom is -0.465 e. The maximum Gasteiger partial charge on any atom is 0.321 e. The van der Waals surface area contributed by atoms with Gasteiger partial charge in [0.15, 0.2) is 11.5 Å². The molecule has 0 amide bonds. The van der Waals surface area contributed by atoms with Crippen molar-refractivity contribution in [2.75, 3.05) is 6.61 Å². The monoisotopic (exact) mass is 351 g/mol. The van der Waals surface area contributed by atoms with Gasteiger partial charge in [-0.15, -0.1) is 0 Å². The van der Waals surface area contributed by atoms with Crippen LogP contribution in [0.15, 0.2) is 30.9 Å². The van der Waals surface area contributed by atoms with Gasteiger partial charge in [-0.3, -0.25) is 9.59 Å². The quantitative estimate of drug-likeness (QED) is 0.601. The molecular formula is C16H15F2N3O4. The lowest BCUT2D eigenvalue weighted by Gasteiger charge is -2.28. The van der Waals surface area contributed by atoms with Crippen molar-refractivity contribution >= 4 is 11.9 Å². The summed E-state index contributed by atoms with van der Waals surface area (Å²) in [6.07, 6.45) is 2.50. The third kappa shape index (κ3) is 3.21. The van der Waals surface area contributed by atoms with Crippen molar-refractivity contribution in [3.8, 4) is 0 Å². The zero-order valence-corrected chi connectivity index (χ0v) is 13.3. The number of halogens is 2. The number of rotatable bonds is 5. The van der Waals surface area contributed by atoms with Crippen molar-refractivity contribution < 1.29 is 27.8 Å². The van der Waals surface area contributed by atoms with Gasteiger partial charge in [0.1, 0.15) is 24.3 Å². The van der Waals surface area contributed by atoms with Crippen LogP contribution in [0.4, 0.5) is 8.78 Å². The number of carbonyl (C=O) groups is 2. The first-order chi connectivity index (χ1) is 11.9. The predicted octanol–water partition coefficient (Wildman–Crippen LogP) is 1.58. The second-order valence-electron chi connectivity index (χ2n) is 5.64. The van der Waals surface area contributed by atoms with Crippen molar-refractivity contribution in [1.82, 2.24) is 14.8 Å². The Balaban J connectivity index is 2.02. The molecule has 3 rings (SSSR count). The number of hydrogen-bond donors (Lipinski definition) is 0. The molecule has 7 nitrogen and oxygen atoms in total. The fourth-order valence-electron chi connectivity index (χ4n) is 2.92. The van der Waals surface area contributed by atoms with Gasteiger partial charge in [0.2, 0.25) is 0 Å². The highest BCUT2D eigenvalue weighted by Gasteiger charge is 2.53. The van der Waals surface area contributed by atoms with Crippen LogP contribution in [0.1, 0.15) is 18.9 Å². The lowest BCUT2D eigenvalue weighted by Crippen LogP contribution is -2.33. The van der Waals surface area contributed by atoms with Crippen molar-refractivity contribution in [3.05, 3.63) is 48.1 Å². The van der Waals surface area contributed by atoms with E-state index in [1.165, 1.54) is 23.4 Å². The van der Waals surface area contributed by atoms with Gasteiger partial charge in [-0.1, -0.05) is 0 Å². The molecule has 1 saturated heterocycles. The number of hydrogen-bond acceptors (Lipinski definition) is 6. The molecule has 1 aromatic heterocycles. The Kier molecular flexibility index (Phi) is 4.47. The Hall–Kier alpha value is -2.84. The van der Waals surface area contributed by atoms with Crippen molar-refractivity contribution in [3.63, 3.8) is 0 Å². The topological polar surface area (TPSA) is 83.3 Å². The third-order valence-corrected chi connectivity index (χ3v) is 3.99. The molecule has 1 aliphatic rings. The smallest absolute Gasteiger partial charge is 0.321 e. The normalized spacial score (nSPS) is 22.7. The Morgan fingerprint density at radius 2 is 2.28 bits per heavy atom. The van der Waals surface area contributed by atoms with E-state index in [-0.39, 0.29) is 25.1 Å². The molecule has 1 aliphatic heterocycles. The van der Waals surface area contributed by atoms with E-state index in [0.717, 1.165) is 6.07 Å². The van der Waals surface area contributed by atoms with E-state index in [1.54, 1.807) is 6.92 Å². The highest BCUT2D eigenvalue weighted by molar-refractivity contribution is 5.96. The maximum atomic E-state index is 14.4. The lowest BCUT2D eigenvalue weighted by atomic mass is 9.86. The minimum atomic E-state index is -1.51. The number of cyclic esters (lactones) is 1. The molecule has 0 bridgehead atoms. The van der Waals surface area contributed by atoms with Crippen molar-refractivity contribution in [1.29, 1.82) is 0 Å². The molecule has 1 unspecified atom stereocenters. The first-order valence-corrected chi connectivity index (χ1v) is 7.62. The molecule has 1 aromatic carbocycles. The van der Waals surface area contributed by atoms with E-state index >= 15 is 0 Å². The number of carbonyl (C=O) groups excluding carboxylic acids is 2. The Morgan fingerprint density at radius 3 is 2.92 bits per heavy atom. The molecule has 1 fully saturated rings. The SMILES string of the molecule is CCOC(=O)C1C[C@](Cn2cncn2)(c2ccc(F)cc2F)OC1=O. The molecule has 0 radical (unpaired) electrons. The summed E-state index contributed by atoms with van der Waals surface area (Å²) in [7, 11) is 0. The molecule has 2 aromatic rings. The molecule has 9 heteroatoms. The van der Waals surface area contributed by atoms with Crippen molar-refractivity contribution in [2.24, 2.45) is 5.92 Å². The van der Waals surface area contributed by atoms with Crippen LogP contribution in [0.3, 0.4) is 0 Å². The average Bonchev–Trinajstić information content (AvgIpc) is 3.16. The van der Waals surface area contributed by atoms with Gasteiger partial charge in [0, 0.05) is 18.1 Å². The second kappa shape index (κ2) is 6.58. The average molecular weight is 351 g/mol. The molecule has 0 saturated carbocycles. The fourth-order valence-corrected chi connectivity index (χ4v) is 2.92. The molecular weight excluding hydrogens is 336 g/mol. The fraction of sp³-hybridized carbons (Fsp3) is 0.375. The standard InChI is InChI=1S/C16H15F2N3O4/c1-2-24-14(22)11-6-16(25-15(11)23,7-21-9-19-8-20-21)12-4-3-10(17)5-13(12)18/h3-5,8-9,11H,2,6-7H2,1H3/t11?,16-/m0/s1. The summed E-state index contributed by atoms with van der Waals surface area (Å²) in [4.78, 5) is 28.0. The van der Waals surface area contributed by atoms with Crippen molar-refractivity contribution in [2.45, 2.75) is 25.5 Å². The van der Waals surface area contributed by atoms with Gasteiger partial charge >= 0.3 is 11.9 Å². The first-order valence-electron chi connectivity index (χ1n) is 7.62. The summed E-state index contributed by atoms with van der Waals surface area (Å²) in [6.45, 7) is 1.64. The van der Waals surface area contributed by atoms with Crippen LogP contribution < -0.4 is 0 Å². The highest BCUT2D eigenvalue weighted by atomic mass is 19.1. The van der Waals surface area contributed by atoms with Crippen LogP contribution in [0.25, 0.3) is 0 Å². The summed E-state index contributed by atoms with van der Waals surface area (Å²) >= 11 is 0. The number of benzene rings is 1. The largest absolute Gasteiger partial charge is 0.465 e. The van der Waals surface area contributed by atoms with Gasteiger partial charge in [0.05, 0.1) is 13.2 Å². The molecule has 132 valence electrons. The van der Waals surface area contributed by atoms with Crippen LogP contribution in [-0.2, 0) is 31.2 Å². The molecule has 2 heterocycles. The number of aromatic nitrogens is 3. The summed E-state index contributed by atoms with van der Waals surface area (Å²) in [5.74, 6) is -4.38. The Bertz CT molecular complexity index is 797. The van der Waals surface area contributed by atoms with E-state index in [9.17, 15) is 18.4 Å². The van der Waals surface area contributed by atoms with Gasteiger partial charge < -0.3 is 9.47 Å². The van der Waals surface area contributed by atoms with Crippen LogP contribution in [0.2, 0.25) is 0 Å². The van der Waals surface area contributed by atoms with Gasteiger partial charge in [-0.05, 0) is 19.1 Å². The van der Waals surface area contributed by atoms with E-state index in [1.807, 2.05) is 0 Å². The van der Waals surface area contributed by atoms with Crippen LogP contribution in [0, 0.1) is 17.6 Å². The molecule has 0 N–H and O–H groups in total.